The fourth-order valence-corrected chi connectivity index (χ4v) is 2.85. The number of hydrogen-bond donors (Lipinski definition) is 1. The highest BCUT2D eigenvalue weighted by molar-refractivity contribution is 9.10. The van der Waals surface area contributed by atoms with Crippen molar-refractivity contribution in [3.63, 3.8) is 0 Å². The zero-order chi connectivity index (χ0) is 13.1. The number of ether oxygens (including phenoxy) is 1. The summed E-state index contributed by atoms with van der Waals surface area (Å²) in [5.41, 5.74) is 6.36. The van der Waals surface area contributed by atoms with Gasteiger partial charge in [-0.1, -0.05) is 0 Å². The van der Waals surface area contributed by atoms with Crippen LogP contribution in [-0.2, 0) is 0 Å². The summed E-state index contributed by atoms with van der Waals surface area (Å²) in [5.74, 6) is 0.773. The highest BCUT2D eigenvalue weighted by atomic mass is 79.9. The summed E-state index contributed by atoms with van der Waals surface area (Å²) in [6.07, 6.45) is 2.03. The third-order valence-corrected chi connectivity index (χ3v) is 3.93. The van der Waals surface area contributed by atoms with E-state index in [2.05, 4.69) is 15.9 Å². The van der Waals surface area contributed by atoms with E-state index in [0.29, 0.717) is 12.1 Å². The van der Waals surface area contributed by atoms with E-state index in [4.69, 9.17) is 10.5 Å². The molecule has 1 unspecified atom stereocenters. The molecule has 0 radical (unpaired) electrons. The molecule has 1 aliphatic rings. The van der Waals surface area contributed by atoms with E-state index in [9.17, 15) is 4.79 Å². The first-order valence-corrected chi connectivity index (χ1v) is 6.81. The molecular weight excluding hydrogens is 332 g/mol. The Morgan fingerprint density at radius 3 is 2.89 bits per heavy atom. The third-order valence-electron chi connectivity index (χ3n) is 3.31. The number of likely N-dealkylation sites (tertiary alicyclic amines) is 1. The van der Waals surface area contributed by atoms with Gasteiger partial charge in [-0.25, -0.2) is 0 Å². The lowest BCUT2D eigenvalue weighted by molar-refractivity contribution is 0.0741. The molecule has 1 aromatic rings. The third kappa shape index (κ3) is 3.41. The number of methoxy groups -OCH3 is 1. The Labute approximate surface area is 127 Å². The molecule has 4 nitrogen and oxygen atoms in total. The molecule has 0 aliphatic carbocycles. The highest BCUT2D eigenvalue weighted by Gasteiger charge is 2.28. The number of hydrogen-bond acceptors (Lipinski definition) is 3. The van der Waals surface area contributed by atoms with Crippen molar-refractivity contribution in [3.8, 4) is 5.75 Å². The number of benzene rings is 1. The Hall–Kier alpha value is -0.780. The molecule has 1 aliphatic heterocycles. The SMILES string of the molecule is COc1ccc(C(=O)N2CCCC2CN)cc1Br.Cl. The zero-order valence-corrected chi connectivity index (χ0v) is 13.2. The van der Waals surface area contributed by atoms with Crippen LogP contribution in [0.4, 0.5) is 0 Å². The minimum Gasteiger partial charge on any atom is -0.496 e. The summed E-state index contributed by atoms with van der Waals surface area (Å²) in [7, 11) is 1.60. The molecule has 2 rings (SSSR count). The molecule has 19 heavy (non-hydrogen) atoms. The van der Waals surface area contributed by atoms with Gasteiger partial charge in [-0.15, -0.1) is 12.4 Å². The van der Waals surface area contributed by atoms with Gasteiger partial charge in [0.05, 0.1) is 11.6 Å². The van der Waals surface area contributed by atoms with Crippen molar-refractivity contribution in [2.75, 3.05) is 20.2 Å². The topological polar surface area (TPSA) is 55.6 Å². The van der Waals surface area contributed by atoms with E-state index in [0.717, 1.165) is 29.6 Å². The van der Waals surface area contributed by atoms with Crippen molar-refractivity contribution < 1.29 is 9.53 Å². The van der Waals surface area contributed by atoms with Crippen LogP contribution in [0.1, 0.15) is 23.2 Å². The molecule has 1 amide bonds. The summed E-state index contributed by atoms with van der Waals surface area (Å²) in [6.45, 7) is 1.33. The molecule has 1 atom stereocenters. The number of halogens is 2. The average Bonchev–Trinajstić information content (AvgIpc) is 2.86. The van der Waals surface area contributed by atoms with Gasteiger partial charge in [-0.05, 0) is 47.0 Å². The number of nitrogens with two attached hydrogens (primary N) is 1. The normalized spacial score (nSPS) is 18.1. The second-order valence-corrected chi connectivity index (χ2v) is 5.23. The molecular formula is C13H18BrClN2O2. The molecule has 0 saturated carbocycles. The van der Waals surface area contributed by atoms with Gasteiger partial charge in [0, 0.05) is 24.7 Å². The van der Waals surface area contributed by atoms with E-state index in [1.54, 1.807) is 25.3 Å². The van der Waals surface area contributed by atoms with Crippen molar-refractivity contribution in [2.45, 2.75) is 18.9 Å². The van der Waals surface area contributed by atoms with Gasteiger partial charge < -0.3 is 15.4 Å². The van der Waals surface area contributed by atoms with E-state index in [1.807, 2.05) is 4.90 Å². The second-order valence-electron chi connectivity index (χ2n) is 4.38. The first-order chi connectivity index (χ1) is 8.67. The van der Waals surface area contributed by atoms with E-state index >= 15 is 0 Å². The second kappa shape index (κ2) is 7.12. The smallest absolute Gasteiger partial charge is 0.254 e. The highest BCUT2D eigenvalue weighted by Crippen LogP contribution is 2.27. The average molecular weight is 350 g/mol. The molecule has 2 N–H and O–H groups in total. The first-order valence-electron chi connectivity index (χ1n) is 6.02. The summed E-state index contributed by atoms with van der Waals surface area (Å²) >= 11 is 3.40. The molecule has 6 heteroatoms. The van der Waals surface area contributed by atoms with E-state index in [1.165, 1.54) is 0 Å². The number of carbonyl (C=O) groups is 1. The number of carbonyl (C=O) groups excluding carboxylic acids is 1. The predicted molar refractivity (Wildman–Crippen MR) is 81.1 cm³/mol. The minimum absolute atomic E-state index is 0. The standard InChI is InChI=1S/C13H17BrN2O2.ClH/c1-18-12-5-4-9(7-11(12)14)13(17)16-6-2-3-10(16)8-15;/h4-5,7,10H,2-3,6,8,15H2,1H3;1H. The van der Waals surface area contributed by atoms with Crippen LogP contribution in [0.2, 0.25) is 0 Å². The Morgan fingerprint density at radius 1 is 1.58 bits per heavy atom. The van der Waals surface area contributed by atoms with Gasteiger partial charge in [0.15, 0.2) is 0 Å². The summed E-state index contributed by atoms with van der Waals surface area (Å²) in [6, 6.07) is 5.56. The van der Waals surface area contributed by atoms with Crippen LogP contribution in [0.5, 0.6) is 5.75 Å². The van der Waals surface area contributed by atoms with Crippen molar-refractivity contribution >= 4 is 34.2 Å². The Morgan fingerprint density at radius 2 is 2.32 bits per heavy atom. The fraction of sp³-hybridized carbons (Fsp3) is 0.462. The van der Waals surface area contributed by atoms with Crippen molar-refractivity contribution in [1.29, 1.82) is 0 Å². The van der Waals surface area contributed by atoms with Crippen LogP contribution in [0.25, 0.3) is 0 Å². The molecule has 1 heterocycles. The van der Waals surface area contributed by atoms with Gasteiger partial charge in [0.25, 0.3) is 5.91 Å². The minimum atomic E-state index is 0. The number of amides is 1. The van der Waals surface area contributed by atoms with Crippen LogP contribution in [0.3, 0.4) is 0 Å². The Kier molecular flexibility index (Phi) is 6.10. The summed E-state index contributed by atoms with van der Waals surface area (Å²) in [4.78, 5) is 14.2. The van der Waals surface area contributed by atoms with Crippen molar-refractivity contribution in [1.82, 2.24) is 4.90 Å². The van der Waals surface area contributed by atoms with Crippen LogP contribution in [-0.4, -0.2) is 37.0 Å². The van der Waals surface area contributed by atoms with Gasteiger partial charge in [-0.2, -0.15) is 0 Å². The maximum atomic E-state index is 12.4. The molecule has 0 spiro atoms. The maximum Gasteiger partial charge on any atom is 0.254 e. The van der Waals surface area contributed by atoms with Gasteiger partial charge in [0.1, 0.15) is 5.75 Å². The molecule has 0 bridgehead atoms. The molecule has 0 aromatic heterocycles. The van der Waals surface area contributed by atoms with E-state index < -0.39 is 0 Å². The molecule has 1 aromatic carbocycles. The quantitative estimate of drug-likeness (QED) is 0.912. The lowest BCUT2D eigenvalue weighted by Crippen LogP contribution is -2.39. The molecule has 1 saturated heterocycles. The largest absolute Gasteiger partial charge is 0.496 e. The summed E-state index contributed by atoms with van der Waals surface area (Å²) < 4.78 is 5.95. The van der Waals surface area contributed by atoms with Crippen molar-refractivity contribution in [3.05, 3.63) is 28.2 Å². The van der Waals surface area contributed by atoms with E-state index in [-0.39, 0.29) is 24.4 Å². The predicted octanol–water partition coefficient (Wildman–Crippen LogP) is 2.44. The van der Waals surface area contributed by atoms with Gasteiger partial charge in [0.2, 0.25) is 0 Å². The van der Waals surface area contributed by atoms with Gasteiger partial charge in [-0.3, -0.25) is 4.79 Å². The molecule has 106 valence electrons. The zero-order valence-electron chi connectivity index (χ0n) is 10.8. The summed E-state index contributed by atoms with van der Waals surface area (Å²) in [5, 5.41) is 0. The maximum absolute atomic E-state index is 12.4. The van der Waals surface area contributed by atoms with Gasteiger partial charge >= 0.3 is 0 Å². The van der Waals surface area contributed by atoms with Crippen LogP contribution in [0, 0.1) is 0 Å². The number of rotatable bonds is 3. The Balaban J connectivity index is 0.00000180. The lowest BCUT2D eigenvalue weighted by Gasteiger charge is -2.23. The monoisotopic (exact) mass is 348 g/mol. The molecule has 1 fully saturated rings. The number of nitrogens with zero attached hydrogens (tertiary/aromatic N) is 1. The Bertz CT molecular complexity index is 456. The van der Waals surface area contributed by atoms with Crippen LogP contribution < -0.4 is 10.5 Å². The van der Waals surface area contributed by atoms with Crippen LogP contribution >= 0.6 is 28.3 Å². The fourth-order valence-electron chi connectivity index (χ4n) is 2.31. The van der Waals surface area contributed by atoms with Crippen molar-refractivity contribution in [2.24, 2.45) is 5.73 Å². The lowest BCUT2D eigenvalue weighted by atomic mass is 10.1. The van der Waals surface area contributed by atoms with Crippen LogP contribution in [0.15, 0.2) is 22.7 Å². The first kappa shape index (κ1) is 16.3.